The highest BCUT2D eigenvalue weighted by molar-refractivity contribution is 5.91. The normalized spacial score (nSPS) is 18.3. The Morgan fingerprint density at radius 2 is 1.59 bits per heavy atom. The van der Waals surface area contributed by atoms with Crippen LogP contribution < -0.4 is 0 Å². The lowest BCUT2D eigenvalue weighted by Crippen LogP contribution is -2.64. The molecule has 0 saturated heterocycles. The van der Waals surface area contributed by atoms with E-state index in [2.05, 4.69) is 4.74 Å². The van der Waals surface area contributed by atoms with Gasteiger partial charge in [-0.2, -0.15) is 26.3 Å². The van der Waals surface area contributed by atoms with E-state index in [0.29, 0.717) is 22.6 Å². The zero-order chi connectivity index (χ0) is 20.5. The van der Waals surface area contributed by atoms with Crippen LogP contribution in [0, 0.1) is 0 Å². The number of nitrogens with zero attached hydrogens (tertiary/aromatic N) is 1. The summed E-state index contributed by atoms with van der Waals surface area (Å²) in [7, 11) is 0.996. The van der Waals surface area contributed by atoms with E-state index in [1.54, 1.807) is 6.07 Å². The summed E-state index contributed by atoms with van der Waals surface area (Å²) in [6, 6.07) is 4.77. The second kappa shape index (κ2) is 7.24. The van der Waals surface area contributed by atoms with Gasteiger partial charge in [0.05, 0.1) is 12.7 Å². The minimum atomic E-state index is -6.23. The highest BCUT2D eigenvalue weighted by Crippen LogP contribution is 2.51. The molecule has 0 saturated carbocycles. The fourth-order valence-corrected chi connectivity index (χ4v) is 2.64. The molecule has 1 aliphatic heterocycles. The lowest BCUT2D eigenvalue weighted by molar-refractivity contribution is -0.352. The molecule has 148 valence electrons. The standard InChI is InChI=1S/C17H14F7NO2/c1-27-14(26)12-7-8-13(15(18,16(19,20)21)17(22,23)24)25(10-12)9-11-5-3-2-4-6-11/h2-8,10,13H,9H2,1H3. The van der Waals surface area contributed by atoms with Crippen LogP contribution in [-0.4, -0.2) is 42.0 Å². The monoisotopic (exact) mass is 397 g/mol. The van der Waals surface area contributed by atoms with Crippen molar-refractivity contribution >= 4 is 5.97 Å². The first-order valence-electron chi connectivity index (χ1n) is 7.52. The molecule has 0 spiro atoms. The van der Waals surface area contributed by atoms with Crippen LogP contribution in [0.4, 0.5) is 30.7 Å². The van der Waals surface area contributed by atoms with Crippen molar-refractivity contribution in [3.8, 4) is 0 Å². The summed E-state index contributed by atoms with van der Waals surface area (Å²) in [5.74, 6) is -0.980. The van der Waals surface area contributed by atoms with E-state index in [4.69, 9.17) is 0 Å². The molecule has 0 aromatic heterocycles. The zero-order valence-electron chi connectivity index (χ0n) is 13.8. The molecule has 0 aliphatic carbocycles. The number of carbonyl (C=O) groups excluding carboxylic acids is 1. The van der Waals surface area contributed by atoms with Crippen LogP contribution in [0.25, 0.3) is 0 Å². The summed E-state index contributed by atoms with van der Waals surface area (Å²) in [5, 5.41) is 0. The molecule has 1 aromatic rings. The van der Waals surface area contributed by atoms with Gasteiger partial charge in [0.2, 0.25) is 0 Å². The van der Waals surface area contributed by atoms with Crippen molar-refractivity contribution in [2.24, 2.45) is 0 Å². The van der Waals surface area contributed by atoms with E-state index in [0.717, 1.165) is 13.3 Å². The summed E-state index contributed by atoms with van der Waals surface area (Å²) in [5.41, 5.74) is -5.52. The van der Waals surface area contributed by atoms with E-state index in [1.165, 1.54) is 24.3 Å². The van der Waals surface area contributed by atoms with Gasteiger partial charge in [0, 0.05) is 12.7 Å². The summed E-state index contributed by atoms with van der Waals surface area (Å²) in [6.45, 7) is -0.492. The van der Waals surface area contributed by atoms with Crippen molar-refractivity contribution in [1.82, 2.24) is 4.90 Å². The van der Waals surface area contributed by atoms with Gasteiger partial charge in [0.25, 0.3) is 0 Å². The minimum absolute atomic E-state index is 0.309. The molecule has 1 aromatic carbocycles. The molecular formula is C17H14F7NO2. The van der Waals surface area contributed by atoms with Crippen molar-refractivity contribution in [2.45, 2.75) is 30.6 Å². The highest BCUT2D eigenvalue weighted by Gasteiger charge is 2.76. The van der Waals surface area contributed by atoms with Gasteiger partial charge in [0.1, 0.15) is 6.04 Å². The van der Waals surface area contributed by atoms with Gasteiger partial charge in [-0.15, -0.1) is 0 Å². The van der Waals surface area contributed by atoms with E-state index in [1.807, 2.05) is 0 Å². The Bertz CT molecular complexity index is 724. The average molecular weight is 397 g/mol. The average Bonchev–Trinajstić information content (AvgIpc) is 2.59. The third kappa shape index (κ3) is 3.93. The summed E-state index contributed by atoms with van der Waals surface area (Å²) < 4.78 is 97.9. The number of methoxy groups -OCH3 is 1. The molecule has 27 heavy (non-hydrogen) atoms. The van der Waals surface area contributed by atoms with Gasteiger partial charge in [-0.1, -0.05) is 36.4 Å². The quantitative estimate of drug-likeness (QED) is 0.560. The molecule has 3 nitrogen and oxygen atoms in total. The maximum Gasteiger partial charge on any atom is 0.434 e. The number of esters is 1. The third-order valence-electron chi connectivity index (χ3n) is 3.98. The molecule has 0 N–H and O–H groups in total. The molecule has 1 heterocycles. The fraction of sp³-hybridized carbons (Fsp3) is 0.353. The molecule has 1 unspecified atom stereocenters. The molecule has 10 heteroatoms. The number of halogens is 7. The number of ether oxygens (including phenoxy) is 1. The first kappa shape index (κ1) is 20.8. The predicted octanol–water partition coefficient (Wildman–Crippen LogP) is 4.32. The van der Waals surface area contributed by atoms with Crippen LogP contribution in [0.3, 0.4) is 0 Å². The number of benzene rings is 1. The molecule has 1 atom stereocenters. The second-order valence-electron chi connectivity index (χ2n) is 5.75. The van der Waals surface area contributed by atoms with Gasteiger partial charge in [-0.25, -0.2) is 9.18 Å². The number of rotatable bonds is 4. The Kier molecular flexibility index (Phi) is 5.58. The van der Waals surface area contributed by atoms with Crippen LogP contribution in [0.1, 0.15) is 5.56 Å². The number of hydrogen-bond donors (Lipinski definition) is 0. The van der Waals surface area contributed by atoms with E-state index in [-0.39, 0.29) is 5.57 Å². The van der Waals surface area contributed by atoms with Crippen LogP contribution >= 0.6 is 0 Å². The summed E-state index contributed by atoms with van der Waals surface area (Å²) in [4.78, 5) is 12.1. The van der Waals surface area contributed by atoms with Crippen LogP contribution in [-0.2, 0) is 16.1 Å². The maximum absolute atomic E-state index is 14.6. The topological polar surface area (TPSA) is 29.5 Å². The summed E-state index contributed by atoms with van der Waals surface area (Å²) >= 11 is 0. The fourth-order valence-electron chi connectivity index (χ4n) is 2.64. The van der Waals surface area contributed by atoms with Gasteiger partial charge in [-0.3, -0.25) is 0 Å². The van der Waals surface area contributed by atoms with Gasteiger partial charge >= 0.3 is 24.0 Å². The van der Waals surface area contributed by atoms with Gasteiger partial charge < -0.3 is 9.64 Å². The van der Waals surface area contributed by atoms with Crippen LogP contribution in [0.2, 0.25) is 0 Å². The number of hydrogen-bond acceptors (Lipinski definition) is 3. The molecule has 0 bridgehead atoms. The summed E-state index contributed by atoms with van der Waals surface area (Å²) in [6.07, 6.45) is -10.7. The largest absolute Gasteiger partial charge is 0.465 e. The predicted molar refractivity (Wildman–Crippen MR) is 81.0 cm³/mol. The van der Waals surface area contributed by atoms with E-state index < -0.39 is 36.6 Å². The van der Waals surface area contributed by atoms with Crippen molar-refractivity contribution in [1.29, 1.82) is 0 Å². The smallest absolute Gasteiger partial charge is 0.434 e. The van der Waals surface area contributed by atoms with Crippen LogP contribution in [0.15, 0.2) is 54.3 Å². The Hall–Kier alpha value is -2.52. The Morgan fingerprint density at radius 1 is 1.04 bits per heavy atom. The first-order valence-corrected chi connectivity index (χ1v) is 7.52. The van der Waals surface area contributed by atoms with E-state index in [9.17, 15) is 35.5 Å². The third-order valence-corrected chi connectivity index (χ3v) is 3.98. The Balaban J connectivity index is 2.53. The molecule has 0 radical (unpaired) electrons. The first-order chi connectivity index (χ1) is 12.4. The number of alkyl halides is 7. The maximum atomic E-state index is 14.6. The minimum Gasteiger partial charge on any atom is -0.465 e. The second-order valence-corrected chi connectivity index (χ2v) is 5.75. The van der Waals surface area contributed by atoms with Gasteiger partial charge in [0.15, 0.2) is 0 Å². The van der Waals surface area contributed by atoms with Crippen molar-refractivity contribution < 1.29 is 40.3 Å². The molecular weight excluding hydrogens is 383 g/mol. The molecule has 0 fully saturated rings. The van der Waals surface area contributed by atoms with Crippen molar-refractivity contribution in [3.05, 3.63) is 59.8 Å². The van der Waals surface area contributed by atoms with E-state index >= 15 is 0 Å². The Labute approximate surface area is 149 Å². The SMILES string of the molecule is COC(=O)C1=CN(Cc2ccccc2)C(C(F)(C(F)(F)F)C(F)(F)F)C=C1. The highest BCUT2D eigenvalue weighted by atomic mass is 19.4. The lowest BCUT2D eigenvalue weighted by atomic mass is 9.90. The zero-order valence-corrected chi connectivity index (χ0v) is 13.8. The van der Waals surface area contributed by atoms with Crippen molar-refractivity contribution in [2.75, 3.05) is 7.11 Å². The Morgan fingerprint density at radius 3 is 2.07 bits per heavy atom. The molecule has 1 aliphatic rings. The molecule has 0 amide bonds. The van der Waals surface area contributed by atoms with Crippen LogP contribution in [0.5, 0.6) is 0 Å². The van der Waals surface area contributed by atoms with Crippen molar-refractivity contribution in [3.63, 3.8) is 0 Å². The number of carbonyl (C=O) groups is 1. The van der Waals surface area contributed by atoms with Gasteiger partial charge in [-0.05, 0) is 11.6 Å². The lowest BCUT2D eigenvalue weighted by Gasteiger charge is -2.42. The molecule has 2 rings (SSSR count).